The first-order valence-electron chi connectivity index (χ1n) is 5.82. The highest BCUT2D eigenvalue weighted by Crippen LogP contribution is 2.34. The average Bonchev–Trinajstić information content (AvgIpc) is 2.82. The third-order valence-electron chi connectivity index (χ3n) is 3.07. The smallest absolute Gasteiger partial charge is 0.175 e. The molecule has 1 aromatic heterocycles. The highest BCUT2D eigenvalue weighted by atomic mass is 32.2. The van der Waals surface area contributed by atoms with Gasteiger partial charge in [0.2, 0.25) is 0 Å². The number of benzene rings is 2. The summed E-state index contributed by atoms with van der Waals surface area (Å²) >= 11 is 1.70. The lowest BCUT2D eigenvalue weighted by Crippen LogP contribution is -1.96. The van der Waals surface area contributed by atoms with Gasteiger partial charge in [0.25, 0.3) is 0 Å². The van der Waals surface area contributed by atoms with E-state index in [9.17, 15) is 8.42 Å². The van der Waals surface area contributed by atoms with E-state index >= 15 is 0 Å². The van der Waals surface area contributed by atoms with Crippen LogP contribution in [0.15, 0.2) is 58.8 Å². The minimum atomic E-state index is -3.13. The van der Waals surface area contributed by atoms with Gasteiger partial charge in [0.1, 0.15) is 0 Å². The lowest BCUT2D eigenvalue weighted by Gasteiger charge is -2.02. The Labute approximate surface area is 116 Å². The normalized spacial score (nSPS) is 11.8. The second-order valence-electron chi connectivity index (χ2n) is 4.44. The fourth-order valence-corrected chi connectivity index (χ4v) is 3.68. The summed E-state index contributed by atoms with van der Waals surface area (Å²) in [6.07, 6.45) is 1.22. The molecule has 96 valence electrons. The fraction of sp³-hybridized carbons (Fsp3) is 0.0667. The highest BCUT2D eigenvalue weighted by molar-refractivity contribution is 7.90. The minimum absolute atomic E-state index is 0.357. The molecule has 0 bridgehead atoms. The van der Waals surface area contributed by atoms with Crippen LogP contribution >= 0.6 is 11.3 Å². The average molecular weight is 288 g/mol. The maximum Gasteiger partial charge on any atom is 0.175 e. The van der Waals surface area contributed by atoms with Crippen LogP contribution in [0, 0.1) is 0 Å². The summed E-state index contributed by atoms with van der Waals surface area (Å²) in [7, 11) is -3.13. The number of hydrogen-bond acceptors (Lipinski definition) is 3. The van der Waals surface area contributed by atoms with Crippen LogP contribution in [0.25, 0.3) is 21.2 Å². The van der Waals surface area contributed by atoms with Gasteiger partial charge in [-0.15, -0.1) is 11.3 Å². The first-order chi connectivity index (χ1) is 9.05. The van der Waals surface area contributed by atoms with Crippen LogP contribution in [0.2, 0.25) is 0 Å². The first kappa shape index (κ1) is 12.4. The Bertz CT molecular complexity index is 828. The zero-order valence-corrected chi connectivity index (χ0v) is 12.0. The Kier molecular flexibility index (Phi) is 2.92. The van der Waals surface area contributed by atoms with E-state index in [0.29, 0.717) is 4.90 Å². The molecule has 2 nitrogen and oxygen atoms in total. The SMILES string of the molecule is CS(=O)(=O)c1ccc(-c2csc3ccccc23)cc1. The summed E-state index contributed by atoms with van der Waals surface area (Å²) < 4.78 is 24.1. The molecule has 0 aliphatic heterocycles. The van der Waals surface area contributed by atoms with Crippen LogP contribution in [-0.4, -0.2) is 14.7 Å². The van der Waals surface area contributed by atoms with Gasteiger partial charge in [-0.05, 0) is 29.1 Å². The molecule has 2 aromatic carbocycles. The Morgan fingerprint density at radius 1 is 0.947 bits per heavy atom. The molecule has 0 aliphatic rings. The van der Waals surface area contributed by atoms with E-state index in [4.69, 9.17) is 0 Å². The number of sulfone groups is 1. The van der Waals surface area contributed by atoms with Gasteiger partial charge in [0, 0.05) is 21.9 Å². The van der Waals surface area contributed by atoms with Crippen LogP contribution in [0.3, 0.4) is 0 Å². The van der Waals surface area contributed by atoms with E-state index in [-0.39, 0.29) is 0 Å². The Hall–Kier alpha value is -1.65. The van der Waals surface area contributed by atoms with Gasteiger partial charge in [-0.2, -0.15) is 0 Å². The van der Waals surface area contributed by atoms with E-state index in [1.165, 1.54) is 16.3 Å². The predicted molar refractivity (Wildman–Crippen MR) is 80.4 cm³/mol. The number of thiophene rings is 1. The van der Waals surface area contributed by atoms with Gasteiger partial charge >= 0.3 is 0 Å². The molecule has 0 atom stereocenters. The van der Waals surface area contributed by atoms with E-state index in [0.717, 1.165) is 11.1 Å². The van der Waals surface area contributed by atoms with Crippen molar-refractivity contribution in [3.63, 3.8) is 0 Å². The number of hydrogen-bond donors (Lipinski definition) is 0. The van der Waals surface area contributed by atoms with Gasteiger partial charge in [-0.1, -0.05) is 30.3 Å². The summed E-state index contributed by atoms with van der Waals surface area (Å²) in [4.78, 5) is 0.357. The molecule has 0 amide bonds. The van der Waals surface area contributed by atoms with Gasteiger partial charge < -0.3 is 0 Å². The quantitative estimate of drug-likeness (QED) is 0.715. The second kappa shape index (κ2) is 4.47. The van der Waals surface area contributed by atoms with Crippen molar-refractivity contribution in [3.8, 4) is 11.1 Å². The maximum absolute atomic E-state index is 11.4. The Morgan fingerprint density at radius 2 is 1.63 bits per heavy atom. The van der Waals surface area contributed by atoms with Crippen molar-refractivity contribution < 1.29 is 8.42 Å². The van der Waals surface area contributed by atoms with Crippen molar-refractivity contribution >= 4 is 31.3 Å². The van der Waals surface area contributed by atoms with Crippen molar-refractivity contribution in [2.75, 3.05) is 6.26 Å². The first-order valence-corrected chi connectivity index (χ1v) is 8.59. The van der Waals surface area contributed by atoms with Crippen molar-refractivity contribution in [2.45, 2.75) is 4.90 Å². The van der Waals surface area contributed by atoms with Crippen molar-refractivity contribution in [1.29, 1.82) is 0 Å². The molecule has 0 unspecified atom stereocenters. The van der Waals surface area contributed by atoms with Crippen LogP contribution < -0.4 is 0 Å². The molecule has 19 heavy (non-hydrogen) atoms. The van der Waals surface area contributed by atoms with Crippen molar-refractivity contribution in [3.05, 3.63) is 53.9 Å². The zero-order chi connectivity index (χ0) is 13.5. The van der Waals surface area contributed by atoms with Gasteiger partial charge in [0.15, 0.2) is 9.84 Å². The molecule has 4 heteroatoms. The van der Waals surface area contributed by atoms with Crippen LogP contribution in [-0.2, 0) is 9.84 Å². The summed E-state index contributed by atoms with van der Waals surface area (Å²) in [5.41, 5.74) is 2.20. The molecule has 0 radical (unpaired) electrons. The summed E-state index contributed by atoms with van der Waals surface area (Å²) in [6.45, 7) is 0. The molecule has 3 aromatic rings. The van der Waals surface area contributed by atoms with Crippen molar-refractivity contribution in [1.82, 2.24) is 0 Å². The lowest BCUT2D eigenvalue weighted by atomic mass is 10.1. The molecule has 0 saturated carbocycles. The van der Waals surface area contributed by atoms with Crippen LogP contribution in [0.5, 0.6) is 0 Å². The predicted octanol–water partition coefficient (Wildman–Crippen LogP) is 3.97. The Balaban J connectivity index is 2.12. The fourth-order valence-electron chi connectivity index (χ4n) is 2.08. The molecular weight excluding hydrogens is 276 g/mol. The molecular formula is C15H12O2S2. The van der Waals surface area contributed by atoms with Gasteiger partial charge in [-0.3, -0.25) is 0 Å². The minimum Gasteiger partial charge on any atom is -0.224 e. The van der Waals surface area contributed by atoms with E-state index in [1.807, 2.05) is 24.3 Å². The highest BCUT2D eigenvalue weighted by Gasteiger charge is 2.09. The number of rotatable bonds is 2. The molecule has 0 N–H and O–H groups in total. The molecule has 0 aliphatic carbocycles. The van der Waals surface area contributed by atoms with Gasteiger partial charge in [-0.25, -0.2) is 8.42 Å². The van der Waals surface area contributed by atoms with Gasteiger partial charge in [0.05, 0.1) is 4.90 Å². The molecule has 0 fully saturated rings. The molecule has 1 heterocycles. The number of fused-ring (bicyclic) bond motifs is 1. The van der Waals surface area contributed by atoms with Crippen molar-refractivity contribution in [2.24, 2.45) is 0 Å². The topological polar surface area (TPSA) is 34.1 Å². The zero-order valence-electron chi connectivity index (χ0n) is 10.3. The maximum atomic E-state index is 11.4. The largest absolute Gasteiger partial charge is 0.224 e. The second-order valence-corrected chi connectivity index (χ2v) is 7.37. The van der Waals surface area contributed by atoms with E-state index in [2.05, 4.69) is 17.5 Å². The van der Waals surface area contributed by atoms with Crippen LogP contribution in [0.1, 0.15) is 0 Å². The summed E-state index contributed by atoms with van der Waals surface area (Å²) in [5.74, 6) is 0. The summed E-state index contributed by atoms with van der Waals surface area (Å²) in [5, 5.41) is 3.32. The lowest BCUT2D eigenvalue weighted by molar-refractivity contribution is 0.602. The van der Waals surface area contributed by atoms with E-state index in [1.54, 1.807) is 23.5 Å². The molecule has 0 spiro atoms. The monoisotopic (exact) mass is 288 g/mol. The summed E-state index contributed by atoms with van der Waals surface area (Å²) in [6, 6.07) is 15.3. The third kappa shape index (κ3) is 2.29. The molecule has 3 rings (SSSR count). The standard InChI is InChI=1S/C15H12O2S2/c1-19(16,17)12-8-6-11(7-9-12)14-10-18-15-5-3-2-4-13(14)15/h2-10H,1H3. The Morgan fingerprint density at radius 3 is 2.32 bits per heavy atom. The molecule has 0 saturated heterocycles. The third-order valence-corrected chi connectivity index (χ3v) is 5.17. The van der Waals surface area contributed by atoms with Crippen LogP contribution in [0.4, 0.5) is 0 Å². The van der Waals surface area contributed by atoms with E-state index < -0.39 is 9.84 Å².